The van der Waals surface area contributed by atoms with E-state index >= 15 is 0 Å². The Hall–Kier alpha value is -1.21. The van der Waals surface area contributed by atoms with Crippen LogP contribution in [0.25, 0.3) is 0 Å². The van der Waals surface area contributed by atoms with Gasteiger partial charge < -0.3 is 15.2 Å². The summed E-state index contributed by atoms with van der Waals surface area (Å²) in [5.74, 6) is 0.803. The van der Waals surface area contributed by atoms with Crippen LogP contribution >= 0.6 is 11.9 Å². The van der Waals surface area contributed by atoms with E-state index in [1.54, 1.807) is 6.26 Å². The van der Waals surface area contributed by atoms with Crippen LogP contribution < -0.4 is 15.4 Å². The average Bonchev–Trinajstić information content (AvgIpc) is 2.84. The van der Waals surface area contributed by atoms with E-state index in [1.807, 2.05) is 13.0 Å². The quantitative estimate of drug-likeness (QED) is 0.481. The molecule has 1 heterocycles. The van der Waals surface area contributed by atoms with Crippen molar-refractivity contribution in [3.8, 4) is 0 Å². The topological polar surface area (TPSA) is 79.2 Å². The minimum atomic E-state index is -0.131. The maximum absolute atomic E-state index is 11.1. The Morgan fingerprint density at radius 2 is 2.41 bits per heavy atom. The lowest BCUT2D eigenvalue weighted by Gasteiger charge is -2.05. The molecule has 0 atom stereocenters. The van der Waals surface area contributed by atoms with Crippen molar-refractivity contribution in [3.63, 3.8) is 0 Å². The molecule has 7 heteroatoms. The second kappa shape index (κ2) is 8.89. The van der Waals surface area contributed by atoms with Crippen LogP contribution in [0.2, 0.25) is 0 Å². The molecule has 0 saturated heterocycles. The highest BCUT2D eigenvalue weighted by Crippen LogP contribution is 1.94. The van der Waals surface area contributed by atoms with Gasteiger partial charge in [-0.15, -0.1) is 0 Å². The van der Waals surface area contributed by atoms with Crippen LogP contribution in [0.3, 0.4) is 0 Å². The molecule has 0 unspecified atom stereocenters. The number of nitrogens with one attached hydrogen (secondary N) is 3. The van der Waals surface area contributed by atoms with E-state index in [1.165, 1.54) is 11.9 Å². The molecule has 0 aliphatic heterocycles. The third-order valence-corrected chi connectivity index (χ3v) is 2.62. The minimum absolute atomic E-state index is 0.131. The number of urea groups is 1. The summed E-state index contributed by atoms with van der Waals surface area (Å²) >= 11 is 1.38. The molecule has 0 radical (unpaired) electrons. The molecule has 2 amide bonds. The van der Waals surface area contributed by atoms with Crippen molar-refractivity contribution >= 4 is 18.0 Å². The van der Waals surface area contributed by atoms with Gasteiger partial charge in [0.1, 0.15) is 6.26 Å². The Morgan fingerprint density at radius 1 is 1.53 bits per heavy atom. The fourth-order valence-electron chi connectivity index (χ4n) is 1.06. The molecule has 0 aliphatic rings. The number of hydrogen-bond donors (Lipinski definition) is 3. The van der Waals surface area contributed by atoms with E-state index in [9.17, 15) is 4.79 Å². The average molecular weight is 258 g/mol. The van der Waals surface area contributed by atoms with Crippen molar-refractivity contribution in [2.45, 2.75) is 19.9 Å². The zero-order valence-electron chi connectivity index (χ0n) is 9.86. The van der Waals surface area contributed by atoms with Crippen LogP contribution in [-0.2, 0) is 6.54 Å². The van der Waals surface area contributed by atoms with Crippen molar-refractivity contribution < 1.29 is 9.32 Å². The van der Waals surface area contributed by atoms with E-state index in [4.69, 9.17) is 4.52 Å². The fourth-order valence-corrected chi connectivity index (χ4v) is 1.61. The number of carbonyl (C=O) groups is 1. The Bertz CT molecular complexity index is 305. The largest absolute Gasteiger partial charge is 0.364 e. The number of aromatic nitrogens is 1. The second-order valence-electron chi connectivity index (χ2n) is 3.37. The first-order valence-corrected chi connectivity index (χ1v) is 6.57. The van der Waals surface area contributed by atoms with Crippen LogP contribution in [0.1, 0.15) is 19.0 Å². The molecule has 1 rings (SSSR count). The van der Waals surface area contributed by atoms with Crippen molar-refractivity contribution in [2.75, 3.05) is 18.8 Å². The van der Waals surface area contributed by atoms with Crippen molar-refractivity contribution in [3.05, 3.63) is 18.0 Å². The van der Waals surface area contributed by atoms with Crippen LogP contribution in [0.15, 0.2) is 16.9 Å². The molecule has 17 heavy (non-hydrogen) atoms. The molecule has 3 N–H and O–H groups in total. The molecule has 96 valence electrons. The van der Waals surface area contributed by atoms with Crippen LogP contribution in [0, 0.1) is 0 Å². The second-order valence-corrected chi connectivity index (χ2v) is 4.28. The smallest absolute Gasteiger partial charge is 0.324 e. The van der Waals surface area contributed by atoms with Gasteiger partial charge in [-0.05, 0) is 18.4 Å². The Morgan fingerprint density at radius 3 is 3.12 bits per heavy atom. The summed E-state index contributed by atoms with van der Waals surface area (Å²) in [7, 11) is 0. The van der Waals surface area contributed by atoms with Gasteiger partial charge in [0, 0.05) is 31.5 Å². The Labute approximate surface area is 105 Å². The molecule has 0 aromatic carbocycles. The van der Waals surface area contributed by atoms with Gasteiger partial charge in [-0.1, -0.05) is 12.1 Å². The highest BCUT2D eigenvalue weighted by Gasteiger charge is 1.98. The highest BCUT2D eigenvalue weighted by atomic mass is 32.2. The van der Waals surface area contributed by atoms with E-state index in [0.29, 0.717) is 13.1 Å². The zero-order chi connectivity index (χ0) is 12.3. The first-order valence-electron chi connectivity index (χ1n) is 5.58. The minimum Gasteiger partial charge on any atom is -0.364 e. The number of hydrogen-bond acceptors (Lipinski definition) is 5. The molecule has 1 aromatic heterocycles. The molecule has 0 bridgehead atoms. The molecule has 1 aromatic rings. The predicted molar refractivity (Wildman–Crippen MR) is 67.5 cm³/mol. The van der Waals surface area contributed by atoms with E-state index in [0.717, 1.165) is 24.4 Å². The highest BCUT2D eigenvalue weighted by molar-refractivity contribution is 7.97. The van der Waals surface area contributed by atoms with Crippen molar-refractivity contribution in [1.82, 2.24) is 20.5 Å². The maximum Gasteiger partial charge on any atom is 0.324 e. The molecule has 0 spiro atoms. The monoisotopic (exact) mass is 258 g/mol. The SMILES string of the molecule is CCCNC(=O)NSCCNCc1ccon1. The van der Waals surface area contributed by atoms with Gasteiger partial charge in [0.15, 0.2) is 0 Å². The molecule has 0 aliphatic carbocycles. The maximum atomic E-state index is 11.1. The predicted octanol–water partition coefficient (Wildman–Crippen LogP) is 1.12. The lowest BCUT2D eigenvalue weighted by Crippen LogP contribution is -2.32. The summed E-state index contributed by atoms with van der Waals surface area (Å²) in [5.41, 5.74) is 0.878. The molecular formula is C10H18N4O2S. The van der Waals surface area contributed by atoms with Gasteiger partial charge in [0.25, 0.3) is 0 Å². The normalized spacial score (nSPS) is 10.2. The summed E-state index contributed by atoms with van der Waals surface area (Å²) in [5, 5.41) is 9.69. The summed E-state index contributed by atoms with van der Waals surface area (Å²) in [6, 6.07) is 1.68. The van der Waals surface area contributed by atoms with Crippen molar-refractivity contribution in [2.24, 2.45) is 0 Å². The molecular weight excluding hydrogens is 240 g/mol. The lowest BCUT2D eigenvalue weighted by atomic mass is 10.4. The molecule has 6 nitrogen and oxygen atoms in total. The van der Waals surface area contributed by atoms with E-state index in [2.05, 4.69) is 20.5 Å². The van der Waals surface area contributed by atoms with Gasteiger partial charge in [-0.2, -0.15) is 0 Å². The van der Waals surface area contributed by atoms with E-state index < -0.39 is 0 Å². The van der Waals surface area contributed by atoms with Gasteiger partial charge in [0.2, 0.25) is 0 Å². The Kier molecular flexibility index (Phi) is 7.24. The molecule has 0 saturated carbocycles. The van der Waals surface area contributed by atoms with Crippen molar-refractivity contribution in [1.29, 1.82) is 0 Å². The third kappa shape index (κ3) is 6.85. The summed E-state index contributed by atoms with van der Waals surface area (Å²) in [4.78, 5) is 11.1. The molecule has 0 fully saturated rings. The van der Waals surface area contributed by atoms with Crippen LogP contribution in [-0.4, -0.2) is 30.0 Å². The van der Waals surface area contributed by atoms with Gasteiger partial charge >= 0.3 is 6.03 Å². The fraction of sp³-hybridized carbons (Fsp3) is 0.600. The standard InChI is InChI=1S/C10H18N4O2S/c1-2-4-12-10(15)14-17-7-5-11-8-9-3-6-16-13-9/h3,6,11H,2,4-5,7-8H2,1H3,(H2,12,14,15). The Balaban J connectivity index is 1.89. The van der Waals surface area contributed by atoms with Crippen LogP contribution in [0.5, 0.6) is 0 Å². The summed E-state index contributed by atoms with van der Waals surface area (Å²) < 4.78 is 7.40. The van der Waals surface area contributed by atoms with Crippen LogP contribution in [0.4, 0.5) is 4.79 Å². The number of carbonyl (C=O) groups excluding carboxylic acids is 1. The summed E-state index contributed by atoms with van der Waals surface area (Å²) in [6.45, 7) is 4.20. The number of amides is 2. The summed E-state index contributed by atoms with van der Waals surface area (Å²) in [6.07, 6.45) is 2.49. The number of nitrogens with zero attached hydrogens (tertiary/aromatic N) is 1. The first kappa shape index (κ1) is 13.9. The third-order valence-electron chi connectivity index (χ3n) is 1.88. The van der Waals surface area contributed by atoms with Gasteiger partial charge in [-0.3, -0.25) is 4.72 Å². The van der Waals surface area contributed by atoms with Gasteiger partial charge in [-0.25, -0.2) is 4.79 Å². The van der Waals surface area contributed by atoms with Gasteiger partial charge in [0.05, 0.1) is 5.69 Å². The number of rotatable bonds is 8. The zero-order valence-corrected chi connectivity index (χ0v) is 10.7. The van der Waals surface area contributed by atoms with E-state index in [-0.39, 0.29) is 6.03 Å². The first-order chi connectivity index (χ1) is 8.33. The lowest BCUT2D eigenvalue weighted by molar-refractivity contribution is 0.246.